The fourth-order valence-electron chi connectivity index (χ4n) is 1.92. The zero-order chi connectivity index (χ0) is 12.3. The van der Waals surface area contributed by atoms with Crippen LogP contribution in [0, 0.1) is 11.3 Å². The van der Waals surface area contributed by atoms with Crippen molar-refractivity contribution in [1.29, 1.82) is 5.26 Å². The van der Waals surface area contributed by atoms with Crippen molar-refractivity contribution in [2.45, 2.75) is 31.2 Å². The summed E-state index contributed by atoms with van der Waals surface area (Å²) in [5.41, 5.74) is 1.28. The van der Waals surface area contributed by atoms with Crippen LogP contribution in [0.1, 0.15) is 26.3 Å². The number of rotatable bonds is 4. The topological polar surface area (TPSA) is 28.7 Å². The third kappa shape index (κ3) is 2.48. The molecule has 0 unspecified atom stereocenters. The van der Waals surface area contributed by atoms with E-state index in [4.69, 9.17) is 5.26 Å². The highest BCUT2D eigenvalue weighted by Gasteiger charge is 2.09. The van der Waals surface area contributed by atoms with E-state index in [1.54, 1.807) is 11.8 Å². The molecule has 3 heteroatoms. The first-order chi connectivity index (χ1) is 8.24. The molecule has 0 bridgehead atoms. The van der Waals surface area contributed by atoms with Gasteiger partial charge < -0.3 is 4.57 Å². The van der Waals surface area contributed by atoms with Crippen LogP contribution in [0.5, 0.6) is 0 Å². The number of benzene rings is 1. The van der Waals surface area contributed by atoms with E-state index < -0.39 is 0 Å². The van der Waals surface area contributed by atoms with Crippen LogP contribution in [-0.4, -0.2) is 10.3 Å². The summed E-state index contributed by atoms with van der Waals surface area (Å²) in [5.74, 6) is 0.864. The summed E-state index contributed by atoms with van der Waals surface area (Å²) in [5, 5.41) is 9.88. The lowest BCUT2D eigenvalue weighted by Crippen LogP contribution is -1.97. The molecule has 0 N–H and O–H groups in total. The van der Waals surface area contributed by atoms with E-state index in [2.05, 4.69) is 54.9 Å². The van der Waals surface area contributed by atoms with E-state index >= 15 is 0 Å². The molecule has 0 saturated heterocycles. The molecule has 1 heterocycles. The molecule has 0 aliphatic rings. The summed E-state index contributed by atoms with van der Waals surface area (Å²) >= 11 is 1.77. The van der Waals surface area contributed by atoms with E-state index in [-0.39, 0.29) is 0 Å². The molecule has 0 amide bonds. The minimum atomic E-state index is 0.463. The summed E-state index contributed by atoms with van der Waals surface area (Å²) in [7, 11) is 0. The Hall–Kier alpha value is -1.40. The Bertz CT molecular complexity index is 549. The molecule has 0 spiro atoms. The first-order valence-corrected chi connectivity index (χ1v) is 6.82. The number of nitriles is 1. The molecule has 0 saturated carbocycles. The van der Waals surface area contributed by atoms with Gasteiger partial charge in [-0.3, -0.25) is 0 Å². The second kappa shape index (κ2) is 5.29. The Kier molecular flexibility index (Phi) is 3.75. The van der Waals surface area contributed by atoms with Crippen LogP contribution < -0.4 is 0 Å². The van der Waals surface area contributed by atoms with Gasteiger partial charge in [-0.25, -0.2) is 0 Å². The number of fused-ring (bicyclic) bond motifs is 1. The Morgan fingerprint density at radius 1 is 1.35 bits per heavy atom. The van der Waals surface area contributed by atoms with Crippen LogP contribution in [0.4, 0.5) is 0 Å². The summed E-state index contributed by atoms with van der Waals surface area (Å²) in [6.45, 7) is 4.38. The summed E-state index contributed by atoms with van der Waals surface area (Å²) < 4.78 is 2.30. The van der Waals surface area contributed by atoms with E-state index in [0.29, 0.717) is 12.5 Å². The van der Waals surface area contributed by atoms with Crippen LogP contribution in [0.25, 0.3) is 10.9 Å². The predicted molar refractivity (Wildman–Crippen MR) is 73.3 cm³/mol. The highest BCUT2D eigenvalue weighted by molar-refractivity contribution is 7.99. The third-order valence-corrected chi connectivity index (χ3v) is 3.78. The van der Waals surface area contributed by atoms with Gasteiger partial charge in [-0.15, -0.1) is 11.8 Å². The van der Waals surface area contributed by atoms with Crippen molar-refractivity contribution in [3.63, 3.8) is 0 Å². The molecule has 0 aliphatic carbocycles. The second-order valence-corrected chi connectivity index (χ2v) is 5.40. The lowest BCUT2D eigenvalue weighted by atomic mass is 10.2. The summed E-state index contributed by atoms with van der Waals surface area (Å²) in [6, 6.07) is 11.1. The normalized spacial score (nSPS) is 10.9. The SMILES string of the molecule is CC(C)n1cc(SCCC#N)c2ccccc21. The Morgan fingerprint density at radius 2 is 2.12 bits per heavy atom. The van der Waals surface area contributed by atoms with Crippen molar-refractivity contribution < 1.29 is 0 Å². The molecule has 1 aromatic carbocycles. The molecule has 2 rings (SSSR count). The second-order valence-electron chi connectivity index (χ2n) is 4.27. The molecule has 2 nitrogen and oxygen atoms in total. The van der Waals surface area contributed by atoms with Crippen molar-refractivity contribution in [1.82, 2.24) is 4.57 Å². The first-order valence-electron chi connectivity index (χ1n) is 5.83. The van der Waals surface area contributed by atoms with Crippen molar-refractivity contribution >= 4 is 22.7 Å². The Balaban J connectivity index is 2.39. The van der Waals surface area contributed by atoms with Gasteiger partial charge in [0.25, 0.3) is 0 Å². The fraction of sp³-hybridized carbons (Fsp3) is 0.357. The standard InChI is InChI=1S/C14H16N2S/c1-11(2)16-10-14(17-9-5-8-15)12-6-3-4-7-13(12)16/h3-4,6-7,10-11H,5,9H2,1-2H3. The van der Waals surface area contributed by atoms with Crippen LogP contribution in [-0.2, 0) is 0 Å². The Labute approximate surface area is 106 Å². The predicted octanol–water partition coefficient (Wildman–Crippen LogP) is 4.23. The van der Waals surface area contributed by atoms with Crippen LogP contribution >= 0.6 is 11.8 Å². The van der Waals surface area contributed by atoms with Gasteiger partial charge in [0.15, 0.2) is 0 Å². The molecule has 0 aliphatic heterocycles. The summed E-state index contributed by atoms with van der Waals surface area (Å²) in [4.78, 5) is 1.28. The van der Waals surface area contributed by atoms with Gasteiger partial charge in [0.1, 0.15) is 0 Å². The van der Waals surface area contributed by atoms with Crippen LogP contribution in [0.3, 0.4) is 0 Å². The zero-order valence-corrected chi connectivity index (χ0v) is 11.0. The van der Waals surface area contributed by atoms with Crippen molar-refractivity contribution in [2.75, 3.05) is 5.75 Å². The molecular formula is C14H16N2S. The van der Waals surface area contributed by atoms with Gasteiger partial charge in [0, 0.05) is 40.2 Å². The molecule has 88 valence electrons. The maximum atomic E-state index is 8.58. The molecular weight excluding hydrogens is 228 g/mol. The van der Waals surface area contributed by atoms with Gasteiger partial charge in [0.2, 0.25) is 0 Å². The largest absolute Gasteiger partial charge is 0.344 e. The molecule has 17 heavy (non-hydrogen) atoms. The molecule has 2 aromatic rings. The highest BCUT2D eigenvalue weighted by atomic mass is 32.2. The minimum Gasteiger partial charge on any atom is -0.344 e. The maximum Gasteiger partial charge on any atom is 0.0630 e. The molecule has 0 radical (unpaired) electrons. The third-order valence-electron chi connectivity index (χ3n) is 2.73. The van der Waals surface area contributed by atoms with E-state index in [0.717, 1.165) is 5.75 Å². The van der Waals surface area contributed by atoms with Gasteiger partial charge in [-0.2, -0.15) is 5.26 Å². The minimum absolute atomic E-state index is 0.463. The monoisotopic (exact) mass is 244 g/mol. The average molecular weight is 244 g/mol. The molecule has 1 aromatic heterocycles. The van der Waals surface area contributed by atoms with Crippen LogP contribution in [0.15, 0.2) is 35.4 Å². The van der Waals surface area contributed by atoms with Crippen molar-refractivity contribution in [3.8, 4) is 6.07 Å². The van der Waals surface area contributed by atoms with Crippen LogP contribution in [0.2, 0.25) is 0 Å². The highest BCUT2D eigenvalue weighted by Crippen LogP contribution is 2.31. The van der Waals surface area contributed by atoms with Crippen molar-refractivity contribution in [2.24, 2.45) is 0 Å². The maximum absolute atomic E-state index is 8.58. The number of thioether (sulfide) groups is 1. The van der Waals surface area contributed by atoms with E-state index in [1.807, 2.05) is 0 Å². The lowest BCUT2D eigenvalue weighted by molar-refractivity contribution is 0.620. The van der Waals surface area contributed by atoms with Gasteiger partial charge in [-0.05, 0) is 19.9 Å². The van der Waals surface area contributed by atoms with Gasteiger partial charge in [0.05, 0.1) is 6.07 Å². The van der Waals surface area contributed by atoms with Crippen molar-refractivity contribution in [3.05, 3.63) is 30.5 Å². The number of nitrogens with zero attached hydrogens (tertiary/aromatic N) is 2. The lowest BCUT2D eigenvalue weighted by Gasteiger charge is -2.08. The number of aromatic nitrogens is 1. The molecule has 0 fully saturated rings. The smallest absolute Gasteiger partial charge is 0.0630 e. The van der Waals surface area contributed by atoms with E-state index in [9.17, 15) is 0 Å². The summed E-state index contributed by atoms with van der Waals surface area (Å²) in [6.07, 6.45) is 2.81. The van der Waals surface area contributed by atoms with Gasteiger partial charge >= 0.3 is 0 Å². The number of hydrogen-bond acceptors (Lipinski definition) is 2. The fourth-order valence-corrected chi connectivity index (χ4v) is 2.85. The van der Waals surface area contributed by atoms with E-state index in [1.165, 1.54) is 15.8 Å². The Morgan fingerprint density at radius 3 is 2.82 bits per heavy atom. The number of hydrogen-bond donors (Lipinski definition) is 0. The number of para-hydroxylation sites is 1. The quantitative estimate of drug-likeness (QED) is 0.595. The van der Waals surface area contributed by atoms with Gasteiger partial charge in [-0.1, -0.05) is 18.2 Å². The first kappa shape index (κ1) is 12.1. The zero-order valence-electron chi connectivity index (χ0n) is 10.2. The average Bonchev–Trinajstić information content (AvgIpc) is 2.69. The molecule has 0 atom stereocenters.